The highest BCUT2D eigenvalue weighted by molar-refractivity contribution is 6.35. The zero-order valence-electron chi connectivity index (χ0n) is 15.3. The Kier molecular flexibility index (Phi) is 7.11. The van der Waals surface area contributed by atoms with Crippen LogP contribution in [0.25, 0.3) is 0 Å². The van der Waals surface area contributed by atoms with Crippen molar-refractivity contribution >= 4 is 40.7 Å². The lowest BCUT2D eigenvalue weighted by atomic mass is 10.2. The second-order valence-corrected chi connectivity index (χ2v) is 7.00. The van der Waals surface area contributed by atoms with Gasteiger partial charge in [0.25, 0.3) is 11.8 Å². The lowest BCUT2D eigenvalue weighted by Crippen LogP contribution is -2.22. The van der Waals surface area contributed by atoms with E-state index in [1.807, 2.05) is 30.3 Å². The average molecular weight is 429 g/mol. The number of hydrogen-bond donors (Lipinski definition) is 2. The summed E-state index contributed by atoms with van der Waals surface area (Å²) in [5.41, 5.74) is 1.94. The minimum atomic E-state index is -0.376. The fourth-order valence-corrected chi connectivity index (χ4v) is 2.85. The first-order chi connectivity index (χ1) is 14.0. The largest absolute Gasteiger partial charge is 0.484 e. The molecule has 0 heterocycles. The number of halogens is 2. The van der Waals surface area contributed by atoms with Gasteiger partial charge in [0.2, 0.25) is 0 Å². The fraction of sp³-hybridized carbons (Fsp3) is 0.0909. The summed E-state index contributed by atoms with van der Waals surface area (Å²) in [4.78, 5) is 24.3. The van der Waals surface area contributed by atoms with E-state index >= 15 is 0 Å². The quantitative estimate of drug-likeness (QED) is 0.559. The van der Waals surface area contributed by atoms with Crippen LogP contribution >= 0.6 is 23.2 Å². The van der Waals surface area contributed by atoms with Gasteiger partial charge in [0.05, 0.1) is 10.7 Å². The van der Waals surface area contributed by atoms with Gasteiger partial charge in [-0.2, -0.15) is 0 Å². The Labute approximate surface area is 178 Å². The molecular weight excluding hydrogens is 411 g/mol. The van der Waals surface area contributed by atoms with Gasteiger partial charge >= 0.3 is 0 Å². The number of carbonyl (C=O) groups is 2. The van der Waals surface area contributed by atoms with Crippen LogP contribution < -0.4 is 15.4 Å². The molecule has 0 fully saturated rings. The molecule has 0 saturated carbocycles. The van der Waals surface area contributed by atoms with E-state index in [1.54, 1.807) is 42.5 Å². The number of ether oxygens (including phenoxy) is 1. The van der Waals surface area contributed by atoms with Crippen molar-refractivity contribution in [1.82, 2.24) is 5.32 Å². The van der Waals surface area contributed by atoms with E-state index in [0.717, 1.165) is 5.56 Å². The molecule has 7 heteroatoms. The normalized spacial score (nSPS) is 10.3. The molecule has 2 amide bonds. The number of nitrogens with one attached hydrogen (secondary N) is 2. The molecule has 0 aromatic heterocycles. The van der Waals surface area contributed by atoms with Crippen molar-refractivity contribution in [1.29, 1.82) is 0 Å². The summed E-state index contributed by atoms with van der Waals surface area (Å²) < 4.78 is 5.45. The molecule has 2 N–H and O–H groups in total. The fourth-order valence-electron chi connectivity index (χ4n) is 2.51. The standard InChI is InChI=1S/C22H18Cl2N2O3/c23-17-8-11-19(24)20(12-17)26-21(27)14-29-18-9-6-16(7-10-18)22(28)25-13-15-4-2-1-3-5-15/h1-12H,13-14H2,(H,25,28)(H,26,27). The van der Waals surface area contributed by atoms with Crippen LogP contribution in [0.2, 0.25) is 10.0 Å². The molecule has 0 spiro atoms. The predicted molar refractivity (Wildman–Crippen MR) is 115 cm³/mol. The smallest absolute Gasteiger partial charge is 0.262 e. The molecule has 0 aliphatic carbocycles. The number of rotatable bonds is 7. The molecule has 0 aliphatic heterocycles. The van der Waals surface area contributed by atoms with E-state index < -0.39 is 0 Å². The summed E-state index contributed by atoms with van der Waals surface area (Å²) >= 11 is 11.9. The average Bonchev–Trinajstić information content (AvgIpc) is 2.74. The van der Waals surface area contributed by atoms with Gasteiger partial charge in [0.1, 0.15) is 5.75 Å². The zero-order valence-corrected chi connectivity index (χ0v) is 16.8. The van der Waals surface area contributed by atoms with Crippen LogP contribution in [0, 0.1) is 0 Å². The Hall–Kier alpha value is -3.02. The first-order valence-corrected chi connectivity index (χ1v) is 9.57. The van der Waals surface area contributed by atoms with Crippen LogP contribution in [-0.4, -0.2) is 18.4 Å². The topological polar surface area (TPSA) is 67.4 Å². The summed E-state index contributed by atoms with van der Waals surface area (Å²) in [7, 11) is 0. The molecule has 3 aromatic carbocycles. The Morgan fingerprint density at radius 2 is 1.62 bits per heavy atom. The van der Waals surface area contributed by atoms with E-state index in [2.05, 4.69) is 10.6 Å². The van der Waals surface area contributed by atoms with E-state index in [0.29, 0.717) is 33.6 Å². The third kappa shape index (κ3) is 6.24. The molecule has 0 radical (unpaired) electrons. The van der Waals surface area contributed by atoms with Crippen LogP contribution in [0.5, 0.6) is 5.75 Å². The molecule has 0 atom stereocenters. The van der Waals surface area contributed by atoms with E-state index in [1.165, 1.54) is 0 Å². The van der Waals surface area contributed by atoms with Gasteiger partial charge in [-0.1, -0.05) is 53.5 Å². The second kappa shape index (κ2) is 9.96. The van der Waals surface area contributed by atoms with Gasteiger partial charge in [-0.25, -0.2) is 0 Å². The van der Waals surface area contributed by atoms with Gasteiger partial charge in [0, 0.05) is 17.1 Å². The maximum atomic E-state index is 12.2. The molecule has 0 saturated heterocycles. The SMILES string of the molecule is O=C(COc1ccc(C(=O)NCc2ccccc2)cc1)Nc1cc(Cl)ccc1Cl. The summed E-state index contributed by atoms with van der Waals surface area (Å²) in [5.74, 6) is -0.0930. The molecule has 3 rings (SSSR count). The molecule has 3 aromatic rings. The number of benzene rings is 3. The Morgan fingerprint density at radius 1 is 0.897 bits per heavy atom. The van der Waals surface area contributed by atoms with Crippen molar-refractivity contribution in [2.45, 2.75) is 6.54 Å². The summed E-state index contributed by atoms with van der Waals surface area (Å²) in [6, 6.07) is 21.0. The van der Waals surface area contributed by atoms with Gasteiger partial charge in [-0.15, -0.1) is 0 Å². The third-order valence-corrected chi connectivity index (χ3v) is 4.55. The molecule has 5 nitrogen and oxygen atoms in total. The van der Waals surface area contributed by atoms with Gasteiger partial charge in [0.15, 0.2) is 6.61 Å². The number of amides is 2. The highest BCUT2D eigenvalue weighted by Crippen LogP contribution is 2.25. The summed E-state index contributed by atoms with van der Waals surface area (Å²) in [6.45, 7) is 0.243. The van der Waals surface area contributed by atoms with Crippen LogP contribution in [0.3, 0.4) is 0 Å². The molecule has 0 aliphatic rings. The van der Waals surface area contributed by atoms with Crippen LogP contribution in [-0.2, 0) is 11.3 Å². The van der Waals surface area contributed by atoms with Crippen molar-refractivity contribution in [2.24, 2.45) is 0 Å². The predicted octanol–water partition coefficient (Wildman–Crippen LogP) is 4.94. The first kappa shape index (κ1) is 20.7. The van der Waals surface area contributed by atoms with Crippen molar-refractivity contribution in [3.05, 3.63) is 94.0 Å². The monoisotopic (exact) mass is 428 g/mol. The molecule has 148 valence electrons. The third-order valence-electron chi connectivity index (χ3n) is 3.98. The van der Waals surface area contributed by atoms with E-state index in [9.17, 15) is 9.59 Å². The maximum absolute atomic E-state index is 12.2. The minimum absolute atomic E-state index is 0.186. The lowest BCUT2D eigenvalue weighted by molar-refractivity contribution is -0.118. The number of carbonyl (C=O) groups excluding carboxylic acids is 2. The van der Waals surface area contributed by atoms with Crippen LogP contribution in [0.1, 0.15) is 15.9 Å². The number of anilines is 1. The maximum Gasteiger partial charge on any atom is 0.262 e. The zero-order chi connectivity index (χ0) is 20.6. The van der Waals surface area contributed by atoms with E-state index in [-0.39, 0.29) is 18.4 Å². The van der Waals surface area contributed by atoms with Crippen LogP contribution in [0.4, 0.5) is 5.69 Å². The van der Waals surface area contributed by atoms with Crippen molar-refractivity contribution < 1.29 is 14.3 Å². The van der Waals surface area contributed by atoms with Crippen molar-refractivity contribution in [3.8, 4) is 5.75 Å². The molecule has 29 heavy (non-hydrogen) atoms. The van der Waals surface area contributed by atoms with Crippen LogP contribution in [0.15, 0.2) is 72.8 Å². The highest BCUT2D eigenvalue weighted by atomic mass is 35.5. The molecule has 0 unspecified atom stereocenters. The van der Waals surface area contributed by atoms with Gasteiger partial charge < -0.3 is 15.4 Å². The summed E-state index contributed by atoms with van der Waals surface area (Å²) in [5, 5.41) is 6.34. The summed E-state index contributed by atoms with van der Waals surface area (Å²) in [6.07, 6.45) is 0. The molecular formula is C22H18Cl2N2O3. The van der Waals surface area contributed by atoms with Crippen molar-refractivity contribution in [2.75, 3.05) is 11.9 Å². The molecule has 0 bridgehead atoms. The number of hydrogen-bond acceptors (Lipinski definition) is 3. The Balaban J connectivity index is 1.49. The van der Waals surface area contributed by atoms with Gasteiger partial charge in [-0.3, -0.25) is 9.59 Å². The lowest BCUT2D eigenvalue weighted by Gasteiger charge is -2.10. The first-order valence-electron chi connectivity index (χ1n) is 8.81. The Bertz CT molecular complexity index is 993. The highest BCUT2D eigenvalue weighted by Gasteiger charge is 2.09. The van der Waals surface area contributed by atoms with Gasteiger partial charge in [-0.05, 0) is 48.0 Å². The Morgan fingerprint density at radius 3 is 2.34 bits per heavy atom. The van der Waals surface area contributed by atoms with E-state index in [4.69, 9.17) is 27.9 Å². The minimum Gasteiger partial charge on any atom is -0.484 e. The second-order valence-electron chi connectivity index (χ2n) is 6.15. The van der Waals surface area contributed by atoms with Crippen molar-refractivity contribution in [3.63, 3.8) is 0 Å².